The molecule has 0 aliphatic carbocycles. The Morgan fingerprint density at radius 2 is 1.82 bits per heavy atom. The third-order valence-electron chi connectivity index (χ3n) is 5.56. The molecule has 1 heterocycles. The molecule has 0 spiro atoms. The van der Waals surface area contributed by atoms with Gasteiger partial charge in [-0.2, -0.15) is 0 Å². The van der Waals surface area contributed by atoms with Crippen molar-refractivity contribution in [3.8, 4) is 0 Å². The van der Waals surface area contributed by atoms with Crippen molar-refractivity contribution in [3.05, 3.63) is 70.8 Å². The van der Waals surface area contributed by atoms with Crippen molar-refractivity contribution in [2.75, 3.05) is 20.7 Å². The van der Waals surface area contributed by atoms with Crippen LogP contribution >= 0.6 is 0 Å². The number of nitrogens with one attached hydrogen (secondary N) is 1. The number of nitrogens with zero attached hydrogens (tertiary/aromatic N) is 1. The van der Waals surface area contributed by atoms with Gasteiger partial charge < -0.3 is 19.7 Å². The van der Waals surface area contributed by atoms with Crippen molar-refractivity contribution in [1.29, 1.82) is 0 Å². The predicted molar refractivity (Wildman–Crippen MR) is 129 cm³/mol. The van der Waals surface area contributed by atoms with E-state index in [0.29, 0.717) is 31.4 Å². The summed E-state index contributed by atoms with van der Waals surface area (Å²) in [5.41, 5.74) is 2.59. The van der Waals surface area contributed by atoms with E-state index in [1.807, 2.05) is 63.2 Å². The summed E-state index contributed by atoms with van der Waals surface area (Å²) in [6.45, 7) is 5.83. The van der Waals surface area contributed by atoms with E-state index in [0.717, 1.165) is 16.7 Å². The van der Waals surface area contributed by atoms with Crippen molar-refractivity contribution in [1.82, 2.24) is 10.2 Å². The maximum absolute atomic E-state index is 13.1. The normalized spacial score (nSPS) is 16.5. The monoisotopic (exact) mass is 466 g/mol. The van der Waals surface area contributed by atoms with Gasteiger partial charge in [0.25, 0.3) is 5.91 Å². The van der Waals surface area contributed by atoms with E-state index >= 15 is 0 Å². The van der Waals surface area contributed by atoms with Crippen LogP contribution in [0.1, 0.15) is 60.3 Å². The lowest BCUT2D eigenvalue weighted by atomic mass is 9.90. The highest BCUT2D eigenvalue weighted by molar-refractivity contribution is 5.95. The van der Waals surface area contributed by atoms with Gasteiger partial charge in [-0.15, -0.1) is 0 Å². The number of amides is 2. The first-order chi connectivity index (χ1) is 16.0. The molecule has 1 aliphatic heterocycles. The number of rotatable bonds is 7. The Labute approximate surface area is 201 Å². The van der Waals surface area contributed by atoms with Gasteiger partial charge in [0.2, 0.25) is 0 Å². The van der Waals surface area contributed by atoms with E-state index in [1.165, 1.54) is 4.90 Å². The Kier molecular flexibility index (Phi) is 7.97. The summed E-state index contributed by atoms with van der Waals surface area (Å²) in [4.78, 5) is 38.9. The molecule has 0 unspecified atom stereocenters. The van der Waals surface area contributed by atoms with Gasteiger partial charge in [0, 0.05) is 25.6 Å². The molecule has 7 heteroatoms. The van der Waals surface area contributed by atoms with Crippen LogP contribution in [0.15, 0.2) is 48.5 Å². The minimum Gasteiger partial charge on any atom is -0.465 e. The van der Waals surface area contributed by atoms with Crippen molar-refractivity contribution < 1.29 is 23.9 Å². The van der Waals surface area contributed by atoms with Crippen LogP contribution in [0.3, 0.4) is 0 Å². The summed E-state index contributed by atoms with van der Waals surface area (Å²) in [6.07, 6.45) is 0.982. The number of carbonyl (C=O) groups is 3. The molecule has 1 aliphatic rings. The molecule has 0 bridgehead atoms. The molecule has 182 valence electrons. The standard InChI is InChI=1S/C27H34N2O5/c1-27(2,3)34-26(32)28-23(15-18-9-7-6-8-10-18)22-14-19(13-20-16-24(30)33-17-20)11-12-21(22)25(31)29(4)5/h6-12,14,20,23H,13,15-17H2,1-5H3,(H,28,32)/t20-,23-/m0/s1. The number of esters is 1. The number of benzene rings is 2. The molecule has 3 rings (SSSR count). The maximum Gasteiger partial charge on any atom is 0.408 e. The minimum atomic E-state index is -0.652. The van der Waals surface area contributed by atoms with Crippen LogP contribution in [-0.2, 0) is 27.1 Å². The number of alkyl carbamates (subject to hydrolysis) is 1. The number of carbonyl (C=O) groups excluding carboxylic acids is 3. The van der Waals surface area contributed by atoms with Gasteiger partial charge >= 0.3 is 12.1 Å². The first-order valence-corrected chi connectivity index (χ1v) is 11.6. The molecule has 2 aromatic carbocycles. The summed E-state index contributed by atoms with van der Waals surface area (Å²) in [7, 11) is 3.41. The molecule has 1 fully saturated rings. The summed E-state index contributed by atoms with van der Waals surface area (Å²) >= 11 is 0. The fourth-order valence-corrected chi connectivity index (χ4v) is 4.03. The van der Waals surface area contributed by atoms with E-state index in [9.17, 15) is 14.4 Å². The SMILES string of the molecule is CN(C)C(=O)c1ccc(C[C@@H]2COC(=O)C2)cc1[C@H](Cc1ccccc1)NC(=O)OC(C)(C)C. The molecular weight excluding hydrogens is 432 g/mol. The fraction of sp³-hybridized carbons (Fsp3) is 0.444. The predicted octanol–water partition coefficient (Wildman–Crippen LogP) is 4.30. The van der Waals surface area contributed by atoms with Gasteiger partial charge in [-0.05, 0) is 56.4 Å². The molecule has 0 aromatic heterocycles. The Hall–Kier alpha value is -3.35. The largest absolute Gasteiger partial charge is 0.465 e. The third kappa shape index (κ3) is 7.07. The topological polar surface area (TPSA) is 84.9 Å². The average molecular weight is 467 g/mol. The Balaban J connectivity index is 2.00. The van der Waals surface area contributed by atoms with E-state index in [1.54, 1.807) is 20.2 Å². The van der Waals surface area contributed by atoms with E-state index in [4.69, 9.17) is 9.47 Å². The lowest BCUT2D eigenvalue weighted by molar-refractivity contribution is -0.137. The maximum atomic E-state index is 13.1. The minimum absolute atomic E-state index is 0.0992. The van der Waals surface area contributed by atoms with Crippen molar-refractivity contribution in [2.45, 2.75) is 51.7 Å². The highest BCUT2D eigenvalue weighted by Gasteiger charge is 2.27. The number of hydrogen-bond acceptors (Lipinski definition) is 5. The van der Waals surface area contributed by atoms with Crippen molar-refractivity contribution in [3.63, 3.8) is 0 Å². The number of hydrogen-bond donors (Lipinski definition) is 1. The molecule has 34 heavy (non-hydrogen) atoms. The first kappa shape index (κ1) is 25.3. The molecule has 2 aromatic rings. The second kappa shape index (κ2) is 10.7. The van der Waals surface area contributed by atoms with Gasteiger partial charge in [0.05, 0.1) is 19.1 Å². The summed E-state index contributed by atoms with van der Waals surface area (Å²) in [5.74, 6) is -0.231. The highest BCUT2D eigenvalue weighted by Crippen LogP contribution is 2.28. The molecule has 7 nitrogen and oxygen atoms in total. The van der Waals surface area contributed by atoms with Crippen LogP contribution in [0.25, 0.3) is 0 Å². The zero-order chi connectivity index (χ0) is 24.9. The van der Waals surface area contributed by atoms with Crippen LogP contribution in [0.2, 0.25) is 0 Å². The quantitative estimate of drug-likeness (QED) is 0.615. The summed E-state index contributed by atoms with van der Waals surface area (Å²) in [6, 6.07) is 15.0. The van der Waals surface area contributed by atoms with E-state index in [2.05, 4.69) is 5.32 Å². The van der Waals surface area contributed by atoms with Gasteiger partial charge in [-0.1, -0.05) is 42.5 Å². The Morgan fingerprint density at radius 3 is 2.41 bits per heavy atom. The van der Waals surface area contributed by atoms with Crippen LogP contribution in [0, 0.1) is 5.92 Å². The average Bonchev–Trinajstić information content (AvgIpc) is 3.16. The van der Waals surface area contributed by atoms with Crippen LogP contribution in [-0.4, -0.2) is 49.2 Å². The summed E-state index contributed by atoms with van der Waals surface area (Å²) in [5, 5.41) is 2.99. The van der Waals surface area contributed by atoms with Crippen molar-refractivity contribution >= 4 is 18.0 Å². The van der Waals surface area contributed by atoms with Gasteiger partial charge in [0.15, 0.2) is 0 Å². The Bertz CT molecular complexity index is 1030. The van der Waals surface area contributed by atoms with E-state index < -0.39 is 17.7 Å². The van der Waals surface area contributed by atoms with Gasteiger partial charge in [0.1, 0.15) is 5.60 Å². The zero-order valence-electron chi connectivity index (χ0n) is 20.6. The number of ether oxygens (including phenoxy) is 2. The molecule has 2 amide bonds. The molecular formula is C27H34N2O5. The summed E-state index contributed by atoms with van der Waals surface area (Å²) < 4.78 is 10.6. The van der Waals surface area contributed by atoms with Crippen molar-refractivity contribution in [2.24, 2.45) is 5.92 Å². The smallest absolute Gasteiger partial charge is 0.408 e. The molecule has 1 N–H and O–H groups in total. The lowest BCUT2D eigenvalue weighted by Gasteiger charge is -2.26. The lowest BCUT2D eigenvalue weighted by Crippen LogP contribution is -2.37. The zero-order valence-corrected chi connectivity index (χ0v) is 20.6. The highest BCUT2D eigenvalue weighted by atomic mass is 16.6. The third-order valence-corrected chi connectivity index (χ3v) is 5.56. The van der Waals surface area contributed by atoms with Crippen LogP contribution < -0.4 is 5.32 Å². The molecule has 2 atom stereocenters. The fourth-order valence-electron chi connectivity index (χ4n) is 4.03. The molecule has 1 saturated heterocycles. The Morgan fingerprint density at radius 1 is 1.12 bits per heavy atom. The van der Waals surface area contributed by atoms with E-state index in [-0.39, 0.29) is 17.8 Å². The molecule has 0 radical (unpaired) electrons. The van der Waals surface area contributed by atoms with Gasteiger partial charge in [-0.3, -0.25) is 9.59 Å². The first-order valence-electron chi connectivity index (χ1n) is 11.6. The second-order valence-corrected chi connectivity index (χ2v) is 9.97. The number of cyclic esters (lactones) is 1. The van der Waals surface area contributed by atoms with Crippen LogP contribution in [0.5, 0.6) is 0 Å². The second-order valence-electron chi connectivity index (χ2n) is 9.97. The van der Waals surface area contributed by atoms with Crippen LogP contribution in [0.4, 0.5) is 4.79 Å². The van der Waals surface area contributed by atoms with Gasteiger partial charge in [-0.25, -0.2) is 4.79 Å². The molecule has 0 saturated carbocycles.